The van der Waals surface area contributed by atoms with Gasteiger partial charge in [-0.15, -0.1) is 0 Å². The fourth-order valence-corrected chi connectivity index (χ4v) is 7.94. The van der Waals surface area contributed by atoms with E-state index in [9.17, 15) is 38.2 Å². The molecule has 2 aliphatic heterocycles. The topological polar surface area (TPSA) is 150 Å². The number of carbonyl (C=O) groups excluding carboxylic acids is 2. The monoisotopic (exact) mass is 595 g/mol. The van der Waals surface area contributed by atoms with Crippen molar-refractivity contribution in [3.05, 3.63) is 61.8 Å². The Morgan fingerprint density at radius 1 is 1.20 bits per heavy atom. The molecule has 1 aromatic carbocycles. The zero-order chi connectivity index (χ0) is 28.7. The molecule has 4 atom stereocenters. The molecular weight excluding hydrogens is 568 g/mol. The minimum atomic E-state index is -4.84. The van der Waals surface area contributed by atoms with Crippen LogP contribution in [-0.4, -0.2) is 60.3 Å². The third-order valence-corrected chi connectivity index (χ3v) is 9.82. The number of rotatable bonds is 6. The Morgan fingerprint density at radius 3 is 2.58 bits per heavy atom. The molecule has 4 unspecified atom stereocenters. The van der Waals surface area contributed by atoms with Crippen molar-refractivity contribution in [2.24, 2.45) is 11.8 Å². The molecule has 6 rings (SSSR count). The van der Waals surface area contributed by atoms with Gasteiger partial charge in [0.2, 0.25) is 0 Å². The fraction of sp³-hybridized carbons (Fsp3) is 0.500. The lowest BCUT2D eigenvalue weighted by Crippen LogP contribution is -2.56. The Morgan fingerprint density at radius 2 is 1.95 bits per heavy atom. The molecule has 2 amide bonds. The molecule has 214 valence electrons. The van der Waals surface area contributed by atoms with E-state index in [1.54, 1.807) is 0 Å². The highest BCUT2D eigenvalue weighted by Gasteiger charge is 2.63. The number of aromatic nitrogens is 1. The summed E-state index contributed by atoms with van der Waals surface area (Å²) in [5, 5.41) is 11.1. The van der Waals surface area contributed by atoms with Gasteiger partial charge in [0.15, 0.2) is 5.75 Å². The minimum Gasteiger partial charge on any atom is -0.502 e. The predicted molar refractivity (Wildman–Crippen MR) is 139 cm³/mol. The van der Waals surface area contributed by atoms with Crippen molar-refractivity contribution >= 4 is 31.2 Å². The molecular formula is C26H28ClFN3O8P. The summed E-state index contributed by atoms with van der Waals surface area (Å²) in [6.45, 7) is 1.49. The largest absolute Gasteiger partial charge is 0.502 e. The number of aromatic hydroxyl groups is 1. The maximum atomic E-state index is 14.1. The molecule has 11 nitrogen and oxygen atoms in total. The molecule has 14 heteroatoms. The smallest absolute Gasteiger partial charge is 0.469 e. The Labute approximate surface area is 233 Å². The Balaban J connectivity index is 1.43. The Kier molecular flexibility index (Phi) is 6.43. The number of hydrogen-bond donors (Lipinski definition) is 3. The van der Waals surface area contributed by atoms with Crippen molar-refractivity contribution in [2.75, 3.05) is 13.1 Å². The Hall–Kier alpha value is -2.76. The van der Waals surface area contributed by atoms with Crippen molar-refractivity contribution in [3.63, 3.8) is 0 Å². The van der Waals surface area contributed by atoms with E-state index >= 15 is 0 Å². The summed E-state index contributed by atoms with van der Waals surface area (Å²) in [5.74, 6) is -2.31. The standard InChI is InChI=1S/C26H28ClFN3O8P/c1-13(39-40(36,37)38)11-30-24(34)21-16-7-9-29(12-14-2-5-19(28)18(27)10-14)23(33)20(16)22(32)25(35)31(21)26(30)8-6-15-3-4-17(15)26/h2,5,10,13,15,17,32H,3-4,6-9,11-12H2,1H3,(H2,36,37,38). The maximum Gasteiger partial charge on any atom is 0.469 e. The third-order valence-electron chi connectivity index (χ3n) is 8.90. The zero-order valence-corrected chi connectivity index (χ0v) is 23.2. The summed E-state index contributed by atoms with van der Waals surface area (Å²) in [6, 6.07) is 4.08. The van der Waals surface area contributed by atoms with Gasteiger partial charge in [0.05, 0.1) is 16.7 Å². The van der Waals surface area contributed by atoms with Gasteiger partial charge in [0, 0.05) is 31.1 Å². The first-order valence-electron chi connectivity index (χ1n) is 13.1. The van der Waals surface area contributed by atoms with Crippen LogP contribution in [-0.2, 0) is 27.7 Å². The van der Waals surface area contributed by atoms with Gasteiger partial charge in [-0.25, -0.2) is 8.96 Å². The number of nitrogens with zero attached hydrogens (tertiary/aromatic N) is 3. The molecule has 1 aromatic heterocycles. The van der Waals surface area contributed by atoms with Crippen LogP contribution in [0.25, 0.3) is 0 Å². The lowest BCUT2D eigenvalue weighted by atomic mass is 9.72. The number of carbonyl (C=O) groups is 2. The second-order valence-electron chi connectivity index (χ2n) is 11.1. The van der Waals surface area contributed by atoms with Gasteiger partial charge < -0.3 is 24.7 Å². The first kappa shape index (κ1) is 27.4. The maximum absolute atomic E-state index is 14.1. The van der Waals surface area contributed by atoms with E-state index < -0.39 is 48.5 Å². The van der Waals surface area contributed by atoms with Gasteiger partial charge >= 0.3 is 7.82 Å². The highest BCUT2D eigenvalue weighted by molar-refractivity contribution is 7.46. The second-order valence-corrected chi connectivity index (χ2v) is 12.7. The molecule has 0 radical (unpaired) electrons. The number of fused-ring (bicyclic) bond motifs is 6. The van der Waals surface area contributed by atoms with Gasteiger partial charge in [0.1, 0.15) is 17.2 Å². The second kappa shape index (κ2) is 9.39. The van der Waals surface area contributed by atoms with Crippen LogP contribution in [0.4, 0.5) is 4.39 Å². The lowest BCUT2D eigenvalue weighted by molar-refractivity contribution is -0.0377. The fourth-order valence-electron chi connectivity index (χ4n) is 7.20. The molecule has 2 saturated carbocycles. The van der Waals surface area contributed by atoms with E-state index in [0.29, 0.717) is 12.0 Å². The van der Waals surface area contributed by atoms with Gasteiger partial charge in [-0.05, 0) is 62.6 Å². The van der Waals surface area contributed by atoms with Crippen LogP contribution >= 0.6 is 19.4 Å². The summed E-state index contributed by atoms with van der Waals surface area (Å²) >= 11 is 5.89. The van der Waals surface area contributed by atoms with Gasteiger partial charge in [-0.1, -0.05) is 17.7 Å². The van der Waals surface area contributed by atoms with Gasteiger partial charge in [0.25, 0.3) is 17.4 Å². The number of amides is 2. The van der Waals surface area contributed by atoms with E-state index in [0.717, 1.165) is 19.3 Å². The lowest BCUT2D eigenvalue weighted by Gasteiger charge is -2.47. The molecule has 2 aromatic rings. The first-order valence-corrected chi connectivity index (χ1v) is 15.0. The van der Waals surface area contributed by atoms with Crippen LogP contribution in [0.5, 0.6) is 5.75 Å². The van der Waals surface area contributed by atoms with Crippen LogP contribution < -0.4 is 5.56 Å². The van der Waals surface area contributed by atoms with Crippen molar-refractivity contribution in [1.29, 1.82) is 0 Å². The summed E-state index contributed by atoms with van der Waals surface area (Å²) in [5.41, 5.74) is -1.33. The number of halogens is 2. The summed E-state index contributed by atoms with van der Waals surface area (Å²) < 4.78 is 31.3. The normalized spacial score (nSPS) is 26.1. The molecule has 3 N–H and O–H groups in total. The number of benzene rings is 1. The van der Waals surface area contributed by atoms with E-state index in [4.69, 9.17) is 16.1 Å². The third kappa shape index (κ3) is 4.03. The molecule has 0 bridgehead atoms. The van der Waals surface area contributed by atoms with E-state index in [2.05, 4.69) is 0 Å². The van der Waals surface area contributed by atoms with Crippen molar-refractivity contribution in [2.45, 2.75) is 57.3 Å². The van der Waals surface area contributed by atoms with Crippen LogP contribution in [0.15, 0.2) is 23.0 Å². The molecule has 40 heavy (non-hydrogen) atoms. The zero-order valence-electron chi connectivity index (χ0n) is 21.5. The average Bonchev–Trinajstić information content (AvgIpc) is 3.24. The van der Waals surface area contributed by atoms with Crippen LogP contribution in [0.2, 0.25) is 5.02 Å². The number of phosphoric acid groups is 1. The highest BCUT2D eigenvalue weighted by atomic mass is 35.5. The molecule has 0 saturated heterocycles. The van der Waals surface area contributed by atoms with Crippen LogP contribution in [0, 0.1) is 17.7 Å². The summed E-state index contributed by atoms with van der Waals surface area (Å²) in [4.78, 5) is 63.0. The van der Waals surface area contributed by atoms with Crippen LogP contribution in [0.3, 0.4) is 0 Å². The molecule has 2 fully saturated rings. The summed E-state index contributed by atoms with van der Waals surface area (Å²) in [7, 11) is -4.84. The van der Waals surface area contributed by atoms with Gasteiger partial charge in [-0.3, -0.25) is 23.5 Å². The predicted octanol–water partition coefficient (Wildman–Crippen LogP) is 2.97. The quantitative estimate of drug-likeness (QED) is 0.432. The van der Waals surface area contributed by atoms with E-state index in [-0.39, 0.29) is 59.7 Å². The van der Waals surface area contributed by atoms with Crippen LogP contribution in [0.1, 0.15) is 64.6 Å². The number of hydrogen-bond acceptors (Lipinski definition) is 6. The van der Waals surface area contributed by atoms with E-state index in [1.807, 2.05) is 0 Å². The van der Waals surface area contributed by atoms with E-state index in [1.165, 1.54) is 39.5 Å². The van der Waals surface area contributed by atoms with Crippen molar-refractivity contribution in [3.8, 4) is 5.75 Å². The molecule has 3 heterocycles. The molecule has 1 spiro atoms. The van der Waals surface area contributed by atoms with Gasteiger partial charge in [-0.2, -0.15) is 0 Å². The Bertz CT molecular complexity index is 1560. The first-order chi connectivity index (χ1) is 18.8. The number of pyridine rings is 1. The molecule has 4 aliphatic rings. The van der Waals surface area contributed by atoms with Crippen molar-refractivity contribution in [1.82, 2.24) is 14.4 Å². The average molecular weight is 596 g/mol. The number of phosphoric ester groups is 1. The van der Waals surface area contributed by atoms with Crippen molar-refractivity contribution < 1.29 is 38.0 Å². The molecule has 2 aliphatic carbocycles. The summed E-state index contributed by atoms with van der Waals surface area (Å²) in [6.07, 6.45) is 2.00. The minimum absolute atomic E-state index is 0.0338. The SMILES string of the molecule is CC(CN1C(=O)c2c3c(c(O)c(=O)n2C12CCC1CCC12)C(=O)N(Cc1ccc(F)c(Cl)c1)CC3)OP(=O)(O)O. The highest BCUT2D eigenvalue weighted by Crippen LogP contribution is 2.60.